The zero-order valence-electron chi connectivity index (χ0n) is 17.1. The zero-order valence-corrected chi connectivity index (χ0v) is 17.1. The van der Waals surface area contributed by atoms with Gasteiger partial charge in [-0.3, -0.25) is 4.79 Å². The second kappa shape index (κ2) is 11.1. The van der Waals surface area contributed by atoms with Crippen molar-refractivity contribution in [2.45, 2.75) is 38.1 Å². The number of amides is 2. The molecule has 3 rings (SSSR count). The monoisotopic (exact) mass is 426 g/mol. The summed E-state index contributed by atoms with van der Waals surface area (Å²) in [6.07, 6.45) is 0.280. The number of carbonyl (C=O) groups excluding carboxylic acids is 3. The summed E-state index contributed by atoms with van der Waals surface area (Å²) in [5, 5.41) is 12.0. The van der Waals surface area contributed by atoms with E-state index in [-0.39, 0.29) is 13.2 Å². The number of alkyl carbamates (subject to hydrolysis) is 1. The van der Waals surface area contributed by atoms with Gasteiger partial charge in [0.05, 0.1) is 6.61 Å². The van der Waals surface area contributed by atoms with Crippen molar-refractivity contribution in [3.8, 4) is 0 Å². The van der Waals surface area contributed by atoms with Crippen LogP contribution in [-0.2, 0) is 32.3 Å². The number of nitrogens with one attached hydrogen (secondary N) is 1. The number of ether oxygens (including phenoxy) is 2. The molecular formula is C23H26N2O6. The maximum absolute atomic E-state index is 12.9. The summed E-state index contributed by atoms with van der Waals surface area (Å²) in [7, 11) is 0. The molecule has 31 heavy (non-hydrogen) atoms. The molecule has 1 fully saturated rings. The van der Waals surface area contributed by atoms with Crippen molar-refractivity contribution in [3.05, 3.63) is 71.8 Å². The van der Waals surface area contributed by atoms with Crippen molar-refractivity contribution in [1.82, 2.24) is 10.2 Å². The molecule has 0 unspecified atom stereocenters. The number of aliphatic hydroxyl groups is 1. The van der Waals surface area contributed by atoms with Crippen molar-refractivity contribution >= 4 is 18.0 Å². The third-order valence-corrected chi connectivity index (χ3v) is 5.02. The van der Waals surface area contributed by atoms with Gasteiger partial charge in [0, 0.05) is 6.54 Å². The number of esters is 1. The quantitative estimate of drug-likeness (QED) is 0.626. The largest absolute Gasteiger partial charge is 0.459 e. The second-order valence-electron chi connectivity index (χ2n) is 7.22. The van der Waals surface area contributed by atoms with Crippen molar-refractivity contribution in [1.29, 1.82) is 0 Å². The van der Waals surface area contributed by atoms with Gasteiger partial charge in [0.15, 0.2) is 0 Å². The van der Waals surface area contributed by atoms with Crippen LogP contribution < -0.4 is 5.32 Å². The number of carbonyl (C=O) groups is 3. The van der Waals surface area contributed by atoms with Crippen molar-refractivity contribution < 1.29 is 29.0 Å². The molecule has 1 aliphatic rings. The Labute approximate surface area is 180 Å². The standard InChI is InChI=1S/C23H26N2O6/c26-14-19(24-23(29)31-16-18-10-5-2-6-11-18)21(27)25-13-7-12-20(25)22(28)30-15-17-8-3-1-4-9-17/h1-6,8-11,19-20,26H,7,12-16H2,(H,24,29)/t19-,20+/m1/s1. The predicted molar refractivity (Wildman–Crippen MR) is 112 cm³/mol. The Morgan fingerprint density at radius 2 is 1.55 bits per heavy atom. The molecule has 2 N–H and O–H groups in total. The molecule has 2 amide bonds. The highest BCUT2D eigenvalue weighted by Gasteiger charge is 2.38. The minimum absolute atomic E-state index is 0.0389. The highest BCUT2D eigenvalue weighted by Crippen LogP contribution is 2.20. The molecular weight excluding hydrogens is 400 g/mol. The zero-order chi connectivity index (χ0) is 22.1. The fourth-order valence-corrected chi connectivity index (χ4v) is 3.39. The molecule has 0 radical (unpaired) electrons. The van der Waals surface area contributed by atoms with Crippen molar-refractivity contribution in [2.24, 2.45) is 0 Å². The minimum Gasteiger partial charge on any atom is -0.459 e. The van der Waals surface area contributed by atoms with E-state index in [1.807, 2.05) is 48.5 Å². The van der Waals surface area contributed by atoms with Crippen LogP contribution >= 0.6 is 0 Å². The van der Waals surface area contributed by atoms with Crippen LogP contribution in [0.25, 0.3) is 0 Å². The molecule has 2 atom stereocenters. The molecule has 0 bridgehead atoms. The van der Waals surface area contributed by atoms with Crippen LogP contribution in [0, 0.1) is 0 Å². The summed E-state index contributed by atoms with van der Waals surface area (Å²) in [4.78, 5) is 38.8. The number of hydrogen-bond acceptors (Lipinski definition) is 6. The first kappa shape index (κ1) is 22.3. The lowest BCUT2D eigenvalue weighted by Gasteiger charge is -2.27. The number of rotatable bonds is 8. The molecule has 1 aliphatic heterocycles. The van der Waals surface area contributed by atoms with Gasteiger partial charge in [-0.25, -0.2) is 9.59 Å². The molecule has 164 valence electrons. The van der Waals surface area contributed by atoms with E-state index in [2.05, 4.69) is 5.32 Å². The highest BCUT2D eigenvalue weighted by molar-refractivity contribution is 5.90. The lowest BCUT2D eigenvalue weighted by molar-refractivity contribution is -0.155. The summed E-state index contributed by atoms with van der Waals surface area (Å²) in [6, 6.07) is 16.4. The van der Waals surface area contributed by atoms with E-state index in [1.54, 1.807) is 12.1 Å². The van der Waals surface area contributed by atoms with Crippen LogP contribution in [0.5, 0.6) is 0 Å². The van der Waals surface area contributed by atoms with Crippen LogP contribution in [-0.4, -0.2) is 53.2 Å². The number of aliphatic hydroxyl groups excluding tert-OH is 1. The van der Waals surface area contributed by atoms with Gasteiger partial charge >= 0.3 is 12.1 Å². The molecule has 2 aromatic carbocycles. The molecule has 1 heterocycles. The molecule has 0 spiro atoms. The Bertz CT molecular complexity index is 874. The van der Waals surface area contributed by atoms with Gasteiger partial charge in [0.1, 0.15) is 25.3 Å². The van der Waals surface area contributed by atoms with E-state index < -0.39 is 36.7 Å². The second-order valence-corrected chi connectivity index (χ2v) is 7.22. The van der Waals surface area contributed by atoms with E-state index >= 15 is 0 Å². The summed E-state index contributed by atoms with van der Waals surface area (Å²) >= 11 is 0. The van der Waals surface area contributed by atoms with Gasteiger partial charge in [0.25, 0.3) is 0 Å². The van der Waals surface area contributed by atoms with Crippen LogP contribution in [0.15, 0.2) is 60.7 Å². The summed E-state index contributed by atoms with van der Waals surface area (Å²) < 4.78 is 10.5. The average molecular weight is 426 g/mol. The third-order valence-electron chi connectivity index (χ3n) is 5.02. The van der Waals surface area contributed by atoms with Gasteiger partial charge in [-0.15, -0.1) is 0 Å². The first-order valence-electron chi connectivity index (χ1n) is 10.2. The predicted octanol–water partition coefficient (Wildman–Crippen LogP) is 2.01. The van der Waals surface area contributed by atoms with E-state index in [0.717, 1.165) is 11.1 Å². The molecule has 0 aliphatic carbocycles. The number of nitrogens with zero attached hydrogens (tertiary/aromatic N) is 1. The van der Waals surface area contributed by atoms with E-state index in [9.17, 15) is 19.5 Å². The molecule has 8 nitrogen and oxygen atoms in total. The van der Waals surface area contributed by atoms with Gasteiger partial charge < -0.3 is 24.8 Å². The van der Waals surface area contributed by atoms with Crippen molar-refractivity contribution in [3.63, 3.8) is 0 Å². The number of benzene rings is 2. The summed E-state index contributed by atoms with van der Waals surface area (Å²) in [5.41, 5.74) is 1.65. The fraction of sp³-hybridized carbons (Fsp3) is 0.348. The average Bonchev–Trinajstić information content (AvgIpc) is 3.30. The minimum atomic E-state index is -1.20. The summed E-state index contributed by atoms with van der Waals surface area (Å²) in [5.74, 6) is -1.05. The fourth-order valence-electron chi connectivity index (χ4n) is 3.39. The van der Waals surface area contributed by atoms with E-state index in [4.69, 9.17) is 9.47 Å². The SMILES string of the molecule is O=C(N[C@H](CO)C(=O)N1CCC[C@H]1C(=O)OCc1ccccc1)OCc1ccccc1. The maximum Gasteiger partial charge on any atom is 0.408 e. The van der Waals surface area contributed by atoms with Crippen LogP contribution in [0.2, 0.25) is 0 Å². The Balaban J connectivity index is 1.53. The number of hydrogen-bond donors (Lipinski definition) is 2. The molecule has 1 saturated heterocycles. The maximum atomic E-state index is 12.9. The van der Waals surface area contributed by atoms with Crippen LogP contribution in [0.1, 0.15) is 24.0 Å². The first-order chi connectivity index (χ1) is 15.1. The van der Waals surface area contributed by atoms with Gasteiger partial charge in [-0.05, 0) is 24.0 Å². The lowest BCUT2D eigenvalue weighted by Crippen LogP contribution is -2.53. The smallest absolute Gasteiger partial charge is 0.408 e. The normalized spacial score (nSPS) is 16.4. The first-order valence-corrected chi connectivity index (χ1v) is 10.2. The van der Waals surface area contributed by atoms with Gasteiger partial charge in [-0.2, -0.15) is 0 Å². The Morgan fingerprint density at radius 1 is 0.968 bits per heavy atom. The lowest BCUT2D eigenvalue weighted by atomic mass is 10.2. The van der Waals surface area contributed by atoms with Crippen molar-refractivity contribution in [2.75, 3.05) is 13.2 Å². The Kier molecular flexibility index (Phi) is 8.00. The highest BCUT2D eigenvalue weighted by atomic mass is 16.5. The Hall–Kier alpha value is -3.39. The molecule has 0 saturated carbocycles. The van der Waals surface area contributed by atoms with Gasteiger partial charge in [-0.1, -0.05) is 60.7 Å². The molecule has 8 heteroatoms. The summed E-state index contributed by atoms with van der Waals surface area (Å²) in [6.45, 7) is -0.106. The molecule has 0 aromatic heterocycles. The topological polar surface area (TPSA) is 105 Å². The van der Waals surface area contributed by atoms with Gasteiger partial charge in [0.2, 0.25) is 5.91 Å². The molecule has 2 aromatic rings. The van der Waals surface area contributed by atoms with E-state index in [1.165, 1.54) is 4.90 Å². The van der Waals surface area contributed by atoms with Crippen LogP contribution in [0.4, 0.5) is 4.79 Å². The Morgan fingerprint density at radius 3 is 2.13 bits per heavy atom. The van der Waals surface area contributed by atoms with Crippen LogP contribution in [0.3, 0.4) is 0 Å². The van der Waals surface area contributed by atoms with E-state index in [0.29, 0.717) is 19.4 Å². The third kappa shape index (κ3) is 6.29. The number of likely N-dealkylation sites (tertiary alicyclic amines) is 1.